The summed E-state index contributed by atoms with van der Waals surface area (Å²) >= 11 is -3.25. The van der Waals surface area contributed by atoms with E-state index in [0.29, 0.717) is 0 Å². The minimum absolute atomic E-state index is 0.0804. The Hall–Kier alpha value is -0.212. The predicted molar refractivity (Wildman–Crippen MR) is 52.7 cm³/mol. The Bertz CT molecular complexity index is 329. The summed E-state index contributed by atoms with van der Waals surface area (Å²) in [6.07, 6.45) is -14.3. The van der Waals surface area contributed by atoms with Crippen LogP contribution in [-0.2, 0) is 0 Å². The van der Waals surface area contributed by atoms with E-state index in [0.717, 1.165) is 0 Å². The first-order chi connectivity index (χ1) is 9.06. The van der Waals surface area contributed by atoms with Gasteiger partial charge in [0.2, 0.25) is 0 Å². The molecule has 128 valence electrons. The van der Waals surface area contributed by atoms with Gasteiger partial charge in [0.25, 0.3) is 0 Å². The van der Waals surface area contributed by atoms with Crippen molar-refractivity contribution in [2.45, 2.75) is 53.6 Å². The maximum atomic E-state index is 13.1. The Labute approximate surface area is 118 Å². The fourth-order valence-electron chi connectivity index (χ4n) is 1.27. The molecule has 0 aromatic rings. The van der Waals surface area contributed by atoms with E-state index in [9.17, 15) is 48.3 Å². The number of halogens is 11. The summed E-state index contributed by atoms with van der Waals surface area (Å²) in [5, 5.41) is -0.648. The van der Waals surface area contributed by atoms with Crippen LogP contribution in [0.25, 0.3) is 0 Å². The Morgan fingerprint density at radius 2 is 1.10 bits per heavy atom. The molecule has 0 nitrogen and oxygen atoms in total. The molecule has 0 aliphatic carbocycles. The number of hydrogen-bond donors (Lipinski definition) is 0. The zero-order chi connectivity index (χ0) is 17.3. The normalized spacial score (nSPS) is 16.0. The van der Waals surface area contributed by atoms with E-state index >= 15 is 0 Å². The van der Waals surface area contributed by atoms with Gasteiger partial charge < -0.3 is 0 Å². The molecule has 0 bridgehead atoms. The van der Waals surface area contributed by atoms with E-state index in [-0.39, 0.29) is 12.8 Å². The van der Waals surface area contributed by atoms with Crippen molar-refractivity contribution in [3.63, 3.8) is 0 Å². The summed E-state index contributed by atoms with van der Waals surface area (Å²) in [6.45, 7) is 1.45. The molecule has 12 heteroatoms. The Kier molecular flexibility index (Phi) is 6.06. The van der Waals surface area contributed by atoms with Crippen LogP contribution in [-0.4, -0.2) is 44.4 Å². The molecule has 1 unspecified atom stereocenters. The summed E-state index contributed by atoms with van der Waals surface area (Å²) in [4.78, 5) is 0. The first-order valence-corrected chi connectivity index (χ1v) is 7.92. The molecule has 0 radical (unpaired) electrons. The van der Waals surface area contributed by atoms with Gasteiger partial charge in [0.1, 0.15) is 0 Å². The summed E-state index contributed by atoms with van der Waals surface area (Å²) < 4.78 is 133. The van der Waals surface area contributed by atoms with Gasteiger partial charge in [-0.2, -0.15) is 0 Å². The third-order valence-electron chi connectivity index (χ3n) is 2.49. The Morgan fingerprint density at radius 3 is 1.38 bits per heavy atom. The van der Waals surface area contributed by atoms with E-state index in [4.69, 9.17) is 0 Å². The van der Waals surface area contributed by atoms with Gasteiger partial charge in [-0.3, -0.25) is 0 Å². The molecule has 0 aromatic carbocycles. The van der Waals surface area contributed by atoms with Crippen molar-refractivity contribution in [2.24, 2.45) is 0 Å². The fourth-order valence-corrected chi connectivity index (χ4v) is 3.86. The molecule has 0 N–H and O–H groups in total. The van der Waals surface area contributed by atoms with Gasteiger partial charge in [0, 0.05) is 0 Å². The Morgan fingerprint density at radius 1 is 0.714 bits per heavy atom. The van der Waals surface area contributed by atoms with Crippen molar-refractivity contribution >= 4 is 15.8 Å². The van der Waals surface area contributed by atoms with Gasteiger partial charge in [-0.05, 0) is 0 Å². The molecule has 0 aliphatic heterocycles. The fraction of sp³-hybridized carbons (Fsp3) is 1.00. The number of alkyl halides is 11. The summed E-state index contributed by atoms with van der Waals surface area (Å²) in [5.74, 6) is -6.93. The van der Waals surface area contributed by atoms with Crippen LogP contribution < -0.4 is 0 Å². The van der Waals surface area contributed by atoms with Crippen molar-refractivity contribution < 1.29 is 48.3 Å². The van der Waals surface area contributed by atoms with Crippen molar-refractivity contribution in [2.75, 3.05) is 0 Å². The zero-order valence-corrected chi connectivity index (χ0v) is 12.4. The molecule has 0 saturated heterocycles. The van der Waals surface area contributed by atoms with Crippen LogP contribution in [0.2, 0.25) is 5.21 Å². The second-order valence-electron chi connectivity index (χ2n) is 4.08. The van der Waals surface area contributed by atoms with E-state index in [1.165, 1.54) is 6.92 Å². The zero-order valence-electron chi connectivity index (χ0n) is 10.3. The van der Waals surface area contributed by atoms with Crippen molar-refractivity contribution in [1.29, 1.82) is 0 Å². The minimum atomic E-state index is -7.30. The van der Waals surface area contributed by atoms with Crippen molar-refractivity contribution in [1.82, 2.24) is 0 Å². The molecular formula is C9H10AsF11. The van der Waals surface area contributed by atoms with Crippen LogP contribution in [0.5, 0.6) is 0 Å². The van der Waals surface area contributed by atoms with Crippen molar-refractivity contribution in [3.8, 4) is 0 Å². The van der Waals surface area contributed by atoms with Crippen LogP contribution in [0.4, 0.5) is 48.3 Å². The number of rotatable bonds is 6. The van der Waals surface area contributed by atoms with Crippen LogP contribution in [0.3, 0.4) is 0 Å². The average molecular weight is 402 g/mol. The summed E-state index contributed by atoms with van der Waals surface area (Å²) in [5.41, 5.74) is -7.30. The maximum absolute atomic E-state index is 13.1. The van der Waals surface area contributed by atoms with Gasteiger partial charge in [0.15, 0.2) is 0 Å². The van der Waals surface area contributed by atoms with Crippen LogP contribution in [0, 0.1) is 0 Å². The number of unbranched alkanes of at least 4 members (excludes halogenated alkanes) is 1. The molecular weight excluding hydrogens is 392 g/mol. The molecule has 21 heavy (non-hydrogen) atoms. The first kappa shape index (κ1) is 20.8. The van der Waals surface area contributed by atoms with Crippen molar-refractivity contribution in [3.05, 3.63) is 0 Å². The second-order valence-corrected chi connectivity index (χ2v) is 7.19. The molecule has 0 spiro atoms. The van der Waals surface area contributed by atoms with Crippen LogP contribution >= 0.6 is 0 Å². The van der Waals surface area contributed by atoms with E-state index in [1.807, 2.05) is 0 Å². The Balaban J connectivity index is 5.79. The van der Waals surface area contributed by atoms with Crippen LogP contribution in [0.15, 0.2) is 0 Å². The monoisotopic (exact) mass is 402 g/mol. The van der Waals surface area contributed by atoms with Gasteiger partial charge in [0.05, 0.1) is 0 Å². The van der Waals surface area contributed by atoms with Gasteiger partial charge in [-0.25, -0.2) is 0 Å². The standard InChI is InChI=1S/C9H10AsF11/c1-2-3-4-10-7(14,15)6(12,13)5(11,8(16,17)18)9(19,20)21/h10H,2-4H2,1H3. The SMILES string of the molecule is CCCC[AsH]C(F)(F)C(F)(F)C(F)(C(F)(F)F)C(F)(F)F. The van der Waals surface area contributed by atoms with E-state index in [1.54, 1.807) is 0 Å². The van der Waals surface area contributed by atoms with Gasteiger partial charge >= 0.3 is 118 Å². The molecule has 0 amide bonds. The van der Waals surface area contributed by atoms with E-state index < -0.39 is 49.6 Å². The molecule has 0 fully saturated rings. The van der Waals surface area contributed by atoms with E-state index in [2.05, 4.69) is 0 Å². The molecule has 0 rings (SSSR count). The molecule has 1 atom stereocenters. The second kappa shape index (κ2) is 6.12. The van der Waals surface area contributed by atoms with Gasteiger partial charge in [-0.15, -0.1) is 0 Å². The molecule has 0 saturated carbocycles. The quantitative estimate of drug-likeness (QED) is 0.343. The molecule has 0 aliphatic rings. The molecule has 0 aromatic heterocycles. The average Bonchev–Trinajstić information content (AvgIpc) is 2.24. The summed E-state index contributed by atoms with van der Waals surface area (Å²) in [6, 6.07) is 0. The third kappa shape index (κ3) is 3.59. The summed E-state index contributed by atoms with van der Waals surface area (Å²) in [7, 11) is 0. The first-order valence-electron chi connectivity index (χ1n) is 5.39. The topological polar surface area (TPSA) is 0 Å². The third-order valence-corrected chi connectivity index (χ3v) is 5.34. The van der Waals surface area contributed by atoms with Gasteiger partial charge in [-0.1, -0.05) is 0 Å². The number of hydrogen-bond acceptors (Lipinski definition) is 0. The predicted octanol–water partition coefficient (Wildman–Crippen LogP) is 4.70. The molecule has 0 heterocycles. The van der Waals surface area contributed by atoms with Crippen LogP contribution in [0.1, 0.15) is 19.8 Å².